The molecule has 51 valence electrons. The van der Waals surface area contributed by atoms with Gasteiger partial charge in [0.25, 0.3) is 0 Å². The molecule has 0 bridgehead atoms. The first kappa shape index (κ1) is 8.54. The molecule has 1 N–H and O–H groups in total. The zero-order valence-electron chi connectivity index (χ0n) is 5.06. The molecule has 0 spiro atoms. The van der Waals surface area contributed by atoms with Crippen molar-refractivity contribution in [2.24, 2.45) is 0 Å². The molecule has 0 unspecified atom stereocenters. The van der Waals surface area contributed by atoms with Gasteiger partial charge in [-0.3, -0.25) is 0 Å². The van der Waals surface area contributed by atoms with E-state index in [1.807, 2.05) is 25.1 Å². The Kier molecular flexibility index (Phi) is 3.36. The number of aryl methyl sites for hydroxylation is 1. The summed E-state index contributed by atoms with van der Waals surface area (Å²) < 4.78 is 0. The van der Waals surface area contributed by atoms with Gasteiger partial charge in [-0.1, -0.05) is 18.2 Å². The van der Waals surface area contributed by atoms with E-state index >= 15 is 0 Å². The molecule has 0 aliphatic rings. The first-order chi connectivity index (χ1) is 3.80. The van der Waals surface area contributed by atoms with Crippen LogP contribution in [0.1, 0.15) is 5.56 Å². The average Bonchev–Trinajstić information content (AvgIpc) is 1.77. The van der Waals surface area contributed by atoms with Crippen molar-refractivity contribution in [3.63, 3.8) is 0 Å². The molecule has 0 saturated carbocycles. The van der Waals surface area contributed by atoms with Crippen molar-refractivity contribution >= 4 is 0 Å². The minimum Gasteiger partial charge on any atom is -0.508 e. The largest absolute Gasteiger partial charge is 2.00 e. The summed E-state index contributed by atoms with van der Waals surface area (Å²) in [7, 11) is 0. The summed E-state index contributed by atoms with van der Waals surface area (Å²) in [6.45, 7) is 1.87. The molecular weight excluding hydrogens is 164 g/mol. The quantitative estimate of drug-likeness (QED) is 0.590. The summed E-state index contributed by atoms with van der Waals surface area (Å²) in [6, 6.07) is 7.25. The molecule has 2 heteroatoms. The molecule has 0 heterocycles. The van der Waals surface area contributed by atoms with Crippen molar-refractivity contribution in [1.29, 1.82) is 0 Å². The van der Waals surface area contributed by atoms with Crippen LogP contribution < -0.4 is 0 Å². The van der Waals surface area contributed by atoms with Gasteiger partial charge in [0.05, 0.1) is 0 Å². The molecule has 0 amide bonds. The van der Waals surface area contributed by atoms with Crippen LogP contribution in [0.2, 0.25) is 0 Å². The van der Waals surface area contributed by atoms with E-state index in [0.717, 1.165) is 5.56 Å². The number of benzene rings is 1. The monoisotopic (exact) mass is 171 g/mol. The molecule has 0 aliphatic heterocycles. The zero-order valence-corrected chi connectivity index (χ0v) is 6.00. The van der Waals surface area contributed by atoms with Crippen LogP contribution in [0, 0.1) is 6.92 Å². The minimum absolute atomic E-state index is 0. The molecule has 1 aromatic rings. The van der Waals surface area contributed by atoms with Gasteiger partial charge in [0.2, 0.25) is 0 Å². The molecule has 0 fully saturated rings. The van der Waals surface area contributed by atoms with Gasteiger partial charge in [0, 0.05) is 0 Å². The standard InChI is InChI=1S/C7H8O.Cu/c1-6-4-2-3-5-7(6)8;/h2-5,8H,1H3;/q;+2. The van der Waals surface area contributed by atoms with Gasteiger partial charge in [-0.2, -0.15) is 0 Å². The fourth-order valence-corrected chi connectivity index (χ4v) is 0.563. The zero-order chi connectivity index (χ0) is 5.98. The summed E-state index contributed by atoms with van der Waals surface area (Å²) in [4.78, 5) is 0. The summed E-state index contributed by atoms with van der Waals surface area (Å²) in [5.41, 5.74) is 0.924. The molecule has 9 heavy (non-hydrogen) atoms. The third-order valence-electron chi connectivity index (χ3n) is 1.12. The van der Waals surface area contributed by atoms with Crippen LogP contribution in [0.15, 0.2) is 24.3 Å². The van der Waals surface area contributed by atoms with Gasteiger partial charge in [-0.25, -0.2) is 0 Å². The van der Waals surface area contributed by atoms with Crippen LogP contribution >= 0.6 is 0 Å². The SMILES string of the molecule is Cc1ccccc1O.[Cu+2]. The Labute approximate surface area is 65.2 Å². The second kappa shape index (κ2) is 3.54. The topological polar surface area (TPSA) is 20.2 Å². The molecule has 0 saturated heterocycles. The van der Waals surface area contributed by atoms with Crippen molar-refractivity contribution in [3.05, 3.63) is 29.8 Å². The van der Waals surface area contributed by atoms with E-state index in [-0.39, 0.29) is 17.1 Å². The molecule has 1 nitrogen and oxygen atoms in total. The van der Waals surface area contributed by atoms with E-state index in [2.05, 4.69) is 0 Å². The third kappa shape index (κ3) is 2.08. The molecule has 0 aromatic heterocycles. The first-order valence-corrected chi connectivity index (χ1v) is 2.55. The third-order valence-corrected chi connectivity index (χ3v) is 1.12. The molecule has 1 radical (unpaired) electrons. The van der Waals surface area contributed by atoms with E-state index in [4.69, 9.17) is 5.11 Å². The van der Waals surface area contributed by atoms with Gasteiger partial charge < -0.3 is 5.11 Å². The second-order valence-electron chi connectivity index (χ2n) is 1.79. The Hall–Kier alpha value is -0.461. The number of rotatable bonds is 0. The van der Waals surface area contributed by atoms with E-state index in [0.29, 0.717) is 5.75 Å². The van der Waals surface area contributed by atoms with Crippen molar-refractivity contribution in [2.45, 2.75) is 6.92 Å². The van der Waals surface area contributed by atoms with Crippen LogP contribution in [-0.2, 0) is 17.1 Å². The Morgan fingerprint density at radius 2 is 1.78 bits per heavy atom. The summed E-state index contributed by atoms with van der Waals surface area (Å²) in [5.74, 6) is 0.368. The molecule has 1 aromatic carbocycles. The Bertz CT molecular complexity index is 165. The maximum Gasteiger partial charge on any atom is 2.00 e. The number of para-hydroxylation sites is 1. The van der Waals surface area contributed by atoms with Crippen molar-refractivity contribution in [2.75, 3.05) is 0 Å². The van der Waals surface area contributed by atoms with E-state index < -0.39 is 0 Å². The second-order valence-corrected chi connectivity index (χ2v) is 1.79. The number of aromatic hydroxyl groups is 1. The molecule has 0 aliphatic carbocycles. The number of phenolic OH excluding ortho intramolecular Hbond substituents is 1. The van der Waals surface area contributed by atoms with E-state index in [1.165, 1.54) is 0 Å². The molecule has 1 rings (SSSR count). The Morgan fingerprint density at radius 3 is 2.11 bits per heavy atom. The normalized spacial score (nSPS) is 8.11. The van der Waals surface area contributed by atoms with Gasteiger partial charge in [-0.15, -0.1) is 0 Å². The summed E-state index contributed by atoms with van der Waals surface area (Å²) >= 11 is 0. The van der Waals surface area contributed by atoms with Crippen molar-refractivity contribution < 1.29 is 22.2 Å². The van der Waals surface area contributed by atoms with Crippen LogP contribution in [-0.4, -0.2) is 5.11 Å². The van der Waals surface area contributed by atoms with Crippen molar-refractivity contribution in [1.82, 2.24) is 0 Å². The maximum absolute atomic E-state index is 8.92. The number of phenols is 1. The maximum atomic E-state index is 8.92. The summed E-state index contributed by atoms with van der Waals surface area (Å²) in [6.07, 6.45) is 0. The fraction of sp³-hybridized carbons (Fsp3) is 0.143. The van der Waals surface area contributed by atoms with E-state index in [9.17, 15) is 0 Å². The van der Waals surface area contributed by atoms with Crippen LogP contribution in [0.3, 0.4) is 0 Å². The minimum atomic E-state index is 0. The molecule has 0 atom stereocenters. The smallest absolute Gasteiger partial charge is 0.508 e. The van der Waals surface area contributed by atoms with Gasteiger partial charge >= 0.3 is 17.1 Å². The van der Waals surface area contributed by atoms with E-state index in [1.54, 1.807) is 6.07 Å². The first-order valence-electron chi connectivity index (χ1n) is 2.55. The summed E-state index contributed by atoms with van der Waals surface area (Å²) in [5, 5.41) is 8.92. The average molecular weight is 172 g/mol. The van der Waals surface area contributed by atoms with Crippen LogP contribution in [0.25, 0.3) is 0 Å². The van der Waals surface area contributed by atoms with Gasteiger partial charge in [0.15, 0.2) is 0 Å². The predicted octanol–water partition coefficient (Wildman–Crippen LogP) is 1.70. The van der Waals surface area contributed by atoms with Crippen LogP contribution in [0.4, 0.5) is 0 Å². The van der Waals surface area contributed by atoms with Gasteiger partial charge in [-0.05, 0) is 18.6 Å². The van der Waals surface area contributed by atoms with Crippen molar-refractivity contribution in [3.8, 4) is 5.75 Å². The van der Waals surface area contributed by atoms with Crippen LogP contribution in [0.5, 0.6) is 5.75 Å². The molecular formula is C7H8CuO+2. The predicted molar refractivity (Wildman–Crippen MR) is 32.8 cm³/mol. The Balaban J connectivity index is 0.000000640. The van der Waals surface area contributed by atoms with Gasteiger partial charge in [0.1, 0.15) is 5.75 Å². The number of hydrogen-bond acceptors (Lipinski definition) is 1. The Morgan fingerprint density at radius 1 is 1.22 bits per heavy atom. The number of hydrogen-bond donors (Lipinski definition) is 1. The fourth-order valence-electron chi connectivity index (χ4n) is 0.563.